The summed E-state index contributed by atoms with van der Waals surface area (Å²) in [5.74, 6) is -6.37. The largest absolute Gasteiger partial charge is 0.343 e. The molecule has 3 N–H and O–H groups in total. The van der Waals surface area contributed by atoms with Crippen molar-refractivity contribution < 1.29 is 27.6 Å². The van der Waals surface area contributed by atoms with E-state index < -0.39 is 41.5 Å². The fraction of sp³-hybridized carbons (Fsp3) is 0.211. The normalized spacial score (nSPS) is 10.5. The van der Waals surface area contributed by atoms with Crippen molar-refractivity contribution in [2.45, 2.75) is 13.8 Å². The summed E-state index contributed by atoms with van der Waals surface area (Å²) in [6, 6.07) is 7.53. The molecule has 0 spiro atoms. The highest BCUT2D eigenvalue weighted by Crippen LogP contribution is 2.19. The molecule has 0 aliphatic heterocycles. The molecule has 0 aromatic heterocycles. The van der Waals surface area contributed by atoms with Crippen LogP contribution in [0, 0.1) is 23.4 Å². The maximum Gasteiger partial charge on any atom is 0.251 e. The summed E-state index contributed by atoms with van der Waals surface area (Å²) in [5, 5.41) is 7.03. The van der Waals surface area contributed by atoms with Gasteiger partial charge in [0.05, 0.1) is 12.2 Å². The van der Waals surface area contributed by atoms with E-state index in [0.29, 0.717) is 11.8 Å². The van der Waals surface area contributed by atoms with Crippen LogP contribution >= 0.6 is 0 Å². The smallest absolute Gasteiger partial charge is 0.251 e. The SMILES string of the molecule is CC(C)C(=O)Nc1ccc(C(=O)NCC(=O)Nc2ccc(F)c(F)c2F)cc1. The van der Waals surface area contributed by atoms with Crippen molar-refractivity contribution in [2.75, 3.05) is 17.2 Å². The number of benzene rings is 2. The quantitative estimate of drug-likeness (QED) is 0.659. The molecule has 0 heterocycles. The molecule has 0 aliphatic rings. The molecule has 0 unspecified atom stereocenters. The molecule has 2 aromatic carbocycles. The molecule has 2 aromatic rings. The zero-order valence-electron chi connectivity index (χ0n) is 15.1. The van der Waals surface area contributed by atoms with E-state index in [2.05, 4.69) is 10.6 Å². The van der Waals surface area contributed by atoms with E-state index in [1.54, 1.807) is 13.8 Å². The van der Waals surface area contributed by atoms with E-state index in [1.807, 2.05) is 5.32 Å². The number of carbonyl (C=O) groups excluding carboxylic acids is 3. The van der Waals surface area contributed by atoms with Gasteiger partial charge in [0.1, 0.15) is 0 Å². The Morgan fingerprint density at radius 3 is 2.14 bits per heavy atom. The Kier molecular flexibility index (Phi) is 6.75. The van der Waals surface area contributed by atoms with Gasteiger partial charge < -0.3 is 16.0 Å². The summed E-state index contributed by atoms with van der Waals surface area (Å²) in [5.41, 5.74) is 0.208. The molecule has 0 saturated carbocycles. The minimum Gasteiger partial charge on any atom is -0.343 e. The Morgan fingerprint density at radius 1 is 0.893 bits per heavy atom. The van der Waals surface area contributed by atoms with Gasteiger partial charge >= 0.3 is 0 Å². The first kappa shape index (κ1) is 20.9. The topological polar surface area (TPSA) is 87.3 Å². The van der Waals surface area contributed by atoms with Gasteiger partial charge in [0.25, 0.3) is 5.91 Å². The van der Waals surface area contributed by atoms with Crippen molar-refractivity contribution in [1.82, 2.24) is 5.32 Å². The number of halogens is 3. The third-order valence-corrected chi connectivity index (χ3v) is 3.66. The lowest BCUT2D eigenvalue weighted by molar-refractivity contribution is -0.119. The number of hydrogen-bond acceptors (Lipinski definition) is 3. The van der Waals surface area contributed by atoms with E-state index in [-0.39, 0.29) is 17.4 Å². The first-order chi connectivity index (χ1) is 13.2. The molecule has 3 amide bonds. The van der Waals surface area contributed by atoms with E-state index >= 15 is 0 Å². The van der Waals surface area contributed by atoms with Crippen LogP contribution in [-0.2, 0) is 9.59 Å². The van der Waals surface area contributed by atoms with Crippen molar-refractivity contribution in [1.29, 1.82) is 0 Å². The van der Waals surface area contributed by atoms with E-state index in [9.17, 15) is 27.6 Å². The number of rotatable bonds is 6. The summed E-state index contributed by atoms with van der Waals surface area (Å²) >= 11 is 0. The molecule has 0 radical (unpaired) electrons. The third-order valence-electron chi connectivity index (χ3n) is 3.66. The Morgan fingerprint density at radius 2 is 1.54 bits per heavy atom. The Balaban J connectivity index is 1.90. The molecule has 6 nitrogen and oxygen atoms in total. The summed E-state index contributed by atoms with van der Waals surface area (Å²) in [7, 11) is 0. The molecule has 2 rings (SSSR count). The van der Waals surface area contributed by atoms with Crippen LogP contribution in [0.15, 0.2) is 36.4 Å². The van der Waals surface area contributed by atoms with Gasteiger partial charge in [0.2, 0.25) is 11.8 Å². The van der Waals surface area contributed by atoms with Gasteiger partial charge in [-0.3, -0.25) is 14.4 Å². The molecule has 9 heteroatoms. The number of anilines is 2. The van der Waals surface area contributed by atoms with Crippen LogP contribution < -0.4 is 16.0 Å². The second-order valence-corrected chi connectivity index (χ2v) is 6.18. The summed E-state index contributed by atoms with van der Waals surface area (Å²) < 4.78 is 39.5. The molecule has 0 bridgehead atoms. The van der Waals surface area contributed by atoms with Gasteiger partial charge in [-0.15, -0.1) is 0 Å². The van der Waals surface area contributed by atoms with Crippen LogP contribution in [0.25, 0.3) is 0 Å². The Hall–Kier alpha value is -3.36. The molecular weight excluding hydrogens is 375 g/mol. The van der Waals surface area contributed by atoms with Crippen LogP contribution in [-0.4, -0.2) is 24.3 Å². The van der Waals surface area contributed by atoms with Crippen LogP contribution in [0.4, 0.5) is 24.5 Å². The van der Waals surface area contributed by atoms with Crippen LogP contribution in [0.1, 0.15) is 24.2 Å². The van der Waals surface area contributed by atoms with Crippen molar-refractivity contribution in [2.24, 2.45) is 5.92 Å². The van der Waals surface area contributed by atoms with Gasteiger partial charge in [0.15, 0.2) is 17.5 Å². The zero-order valence-corrected chi connectivity index (χ0v) is 15.1. The number of carbonyl (C=O) groups is 3. The molecule has 0 saturated heterocycles. The maximum absolute atomic E-state index is 13.5. The van der Waals surface area contributed by atoms with E-state index in [1.165, 1.54) is 24.3 Å². The standard InChI is InChI=1S/C19H18F3N3O3/c1-10(2)18(27)24-12-5-3-11(4-6-12)19(28)23-9-15(26)25-14-8-7-13(20)16(21)17(14)22/h3-8,10H,9H2,1-2H3,(H,23,28)(H,24,27)(H,25,26). The van der Waals surface area contributed by atoms with Crippen molar-refractivity contribution in [3.05, 3.63) is 59.4 Å². The van der Waals surface area contributed by atoms with Gasteiger partial charge in [-0.1, -0.05) is 13.8 Å². The monoisotopic (exact) mass is 393 g/mol. The Labute approximate surface area is 159 Å². The third kappa shape index (κ3) is 5.32. The molecule has 0 atom stereocenters. The first-order valence-electron chi connectivity index (χ1n) is 8.31. The fourth-order valence-electron chi connectivity index (χ4n) is 2.07. The number of nitrogens with one attached hydrogen (secondary N) is 3. The highest BCUT2D eigenvalue weighted by molar-refractivity contribution is 6.00. The van der Waals surface area contributed by atoms with Crippen molar-refractivity contribution >= 4 is 29.1 Å². The average molecular weight is 393 g/mol. The van der Waals surface area contributed by atoms with E-state index in [0.717, 1.165) is 6.07 Å². The molecule has 148 valence electrons. The number of amides is 3. The Bertz CT molecular complexity index is 899. The lowest BCUT2D eigenvalue weighted by Crippen LogP contribution is -2.33. The molecule has 28 heavy (non-hydrogen) atoms. The highest BCUT2D eigenvalue weighted by atomic mass is 19.2. The van der Waals surface area contributed by atoms with Gasteiger partial charge in [-0.2, -0.15) is 0 Å². The zero-order chi connectivity index (χ0) is 20.8. The minimum atomic E-state index is -1.70. The summed E-state index contributed by atoms with van der Waals surface area (Å²) in [4.78, 5) is 35.4. The second kappa shape index (κ2) is 9.03. The average Bonchev–Trinajstić information content (AvgIpc) is 2.67. The first-order valence-corrected chi connectivity index (χ1v) is 8.31. The highest BCUT2D eigenvalue weighted by Gasteiger charge is 2.16. The lowest BCUT2D eigenvalue weighted by atomic mass is 10.1. The van der Waals surface area contributed by atoms with Gasteiger partial charge in [0, 0.05) is 17.2 Å². The summed E-state index contributed by atoms with van der Waals surface area (Å²) in [6.45, 7) is 2.98. The molecule has 0 fully saturated rings. The van der Waals surface area contributed by atoms with Gasteiger partial charge in [-0.25, -0.2) is 13.2 Å². The van der Waals surface area contributed by atoms with Crippen LogP contribution in [0.3, 0.4) is 0 Å². The van der Waals surface area contributed by atoms with Crippen LogP contribution in [0.5, 0.6) is 0 Å². The summed E-state index contributed by atoms with van der Waals surface area (Å²) in [6.07, 6.45) is 0. The minimum absolute atomic E-state index is 0.168. The van der Waals surface area contributed by atoms with Crippen molar-refractivity contribution in [3.63, 3.8) is 0 Å². The number of hydrogen-bond donors (Lipinski definition) is 3. The maximum atomic E-state index is 13.5. The second-order valence-electron chi connectivity index (χ2n) is 6.18. The molecular formula is C19H18F3N3O3. The van der Waals surface area contributed by atoms with Crippen molar-refractivity contribution in [3.8, 4) is 0 Å². The molecule has 0 aliphatic carbocycles. The predicted molar refractivity (Wildman–Crippen MR) is 97.2 cm³/mol. The fourth-order valence-corrected chi connectivity index (χ4v) is 2.07. The van der Waals surface area contributed by atoms with Crippen LogP contribution in [0.2, 0.25) is 0 Å². The van der Waals surface area contributed by atoms with Gasteiger partial charge in [-0.05, 0) is 36.4 Å². The lowest BCUT2D eigenvalue weighted by Gasteiger charge is -2.10. The predicted octanol–water partition coefficient (Wildman–Crippen LogP) is 3.07. The van der Waals surface area contributed by atoms with E-state index in [4.69, 9.17) is 0 Å².